The molecule has 0 amide bonds. The van der Waals surface area contributed by atoms with Gasteiger partial charge in [-0.25, -0.2) is 0 Å². The van der Waals surface area contributed by atoms with E-state index >= 15 is 0 Å². The fraction of sp³-hybridized carbons (Fsp3) is 0.0526. The normalized spacial score (nSPS) is 12.9. The van der Waals surface area contributed by atoms with Crippen LogP contribution in [0.1, 0.15) is 16.7 Å². The molecular weight excluding hydrogens is 349 g/mol. The lowest BCUT2D eigenvalue weighted by Gasteiger charge is -2.08. The summed E-state index contributed by atoms with van der Waals surface area (Å²) in [6, 6.07) is 18.4. The fourth-order valence-electron chi connectivity index (χ4n) is 2.38. The smallest absolute Gasteiger partial charge is 0.166 e. The van der Waals surface area contributed by atoms with Crippen molar-refractivity contribution in [3.8, 4) is 0 Å². The van der Waals surface area contributed by atoms with Crippen LogP contribution in [0, 0.1) is 0 Å². The van der Waals surface area contributed by atoms with Gasteiger partial charge in [-0.1, -0.05) is 66.2 Å². The third kappa shape index (κ3) is 4.06. The zero-order valence-electron chi connectivity index (χ0n) is 12.8. The highest BCUT2D eigenvalue weighted by Crippen LogP contribution is 2.31. The summed E-state index contributed by atoms with van der Waals surface area (Å²) in [5, 5.41) is 9.65. The monoisotopic (exact) mass is 360 g/mol. The van der Waals surface area contributed by atoms with E-state index in [0.717, 1.165) is 23.1 Å². The first-order chi connectivity index (χ1) is 11.9. The molecule has 0 aliphatic rings. The number of hydrogen-bond acceptors (Lipinski definition) is 2. The number of fused-ring (bicyclic) bond motifs is 1. The van der Waals surface area contributed by atoms with E-state index in [1.165, 1.54) is 18.2 Å². The van der Waals surface area contributed by atoms with Gasteiger partial charge in [-0.3, -0.25) is 0 Å². The molecule has 0 N–H and O–H groups in total. The molecule has 0 aliphatic carbocycles. The molecule has 0 saturated heterocycles. The second kappa shape index (κ2) is 7.07. The quantitative estimate of drug-likeness (QED) is 0.411. The minimum atomic E-state index is -4.45. The van der Waals surface area contributed by atoms with Crippen LogP contribution in [0.4, 0.5) is 13.2 Å². The standard InChI is InChI=1S/C19H12ClF3N2/c20-18(15-10-9-13-5-1-2-6-14(13)11-15)25-24-12-16-7-3-4-8-17(16)19(21,22)23/h1-12H/b24-12+,25-18-. The Morgan fingerprint density at radius 2 is 1.56 bits per heavy atom. The van der Waals surface area contributed by atoms with Gasteiger partial charge in [-0.05, 0) is 22.9 Å². The van der Waals surface area contributed by atoms with Gasteiger partial charge in [-0.15, -0.1) is 5.10 Å². The van der Waals surface area contributed by atoms with Gasteiger partial charge in [-0.2, -0.15) is 18.3 Å². The number of hydrogen-bond donors (Lipinski definition) is 0. The summed E-state index contributed by atoms with van der Waals surface area (Å²) in [5.41, 5.74) is -0.195. The van der Waals surface area contributed by atoms with Crippen LogP contribution in [-0.4, -0.2) is 11.4 Å². The summed E-state index contributed by atoms with van der Waals surface area (Å²) in [7, 11) is 0. The molecule has 126 valence electrons. The van der Waals surface area contributed by atoms with Crippen LogP contribution >= 0.6 is 11.6 Å². The Hall–Kier alpha value is -2.66. The lowest BCUT2D eigenvalue weighted by Crippen LogP contribution is -2.08. The molecule has 0 atom stereocenters. The van der Waals surface area contributed by atoms with Crippen LogP contribution in [0.2, 0.25) is 0 Å². The van der Waals surface area contributed by atoms with E-state index in [2.05, 4.69) is 10.2 Å². The van der Waals surface area contributed by atoms with Gasteiger partial charge in [0.15, 0.2) is 5.17 Å². The third-order valence-electron chi connectivity index (χ3n) is 3.60. The zero-order valence-corrected chi connectivity index (χ0v) is 13.6. The summed E-state index contributed by atoms with van der Waals surface area (Å²) >= 11 is 6.12. The third-order valence-corrected chi connectivity index (χ3v) is 3.89. The minimum absolute atomic E-state index is 0.0678. The molecule has 0 bridgehead atoms. The second-order valence-corrected chi connectivity index (χ2v) is 5.64. The van der Waals surface area contributed by atoms with Gasteiger partial charge in [0.1, 0.15) is 0 Å². The van der Waals surface area contributed by atoms with Gasteiger partial charge in [0.2, 0.25) is 0 Å². The molecule has 0 fully saturated rings. The topological polar surface area (TPSA) is 24.7 Å². The molecule has 0 heterocycles. The molecular formula is C19H12ClF3N2. The minimum Gasteiger partial charge on any atom is -0.166 e. The second-order valence-electron chi connectivity index (χ2n) is 5.28. The van der Waals surface area contributed by atoms with E-state index in [0.29, 0.717) is 5.56 Å². The Kier molecular flexibility index (Phi) is 4.86. The summed E-state index contributed by atoms with van der Waals surface area (Å²) in [5.74, 6) is 0. The number of halogens is 4. The highest BCUT2D eigenvalue weighted by atomic mass is 35.5. The maximum Gasteiger partial charge on any atom is 0.417 e. The van der Waals surface area contributed by atoms with E-state index in [-0.39, 0.29) is 10.7 Å². The largest absolute Gasteiger partial charge is 0.417 e. The molecule has 3 rings (SSSR count). The van der Waals surface area contributed by atoms with Crippen LogP contribution in [0.5, 0.6) is 0 Å². The Morgan fingerprint density at radius 1 is 0.880 bits per heavy atom. The van der Waals surface area contributed by atoms with E-state index in [9.17, 15) is 13.2 Å². The lowest BCUT2D eigenvalue weighted by atomic mass is 10.1. The molecule has 0 saturated carbocycles. The Balaban J connectivity index is 1.87. The van der Waals surface area contributed by atoms with Crippen LogP contribution in [-0.2, 0) is 6.18 Å². The molecule has 6 heteroatoms. The first-order valence-electron chi connectivity index (χ1n) is 7.37. The zero-order chi connectivity index (χ0) is 17.9. The molecule has 3 aromatic carbocycles. The van der Waals surface area contributed by atoms with Gasteiger partial charge >= 0.3 is 6.18 Å². The maximum absolute atomic E-state index is 12.9. The van der Waals surface area contributed by atoms with Crippen LogP contribution < -0.4 is 0 Å². The summed E-state index contributed by atoms with van der Waals surface area (Å²) in [4.78, 5) is 0. The van der Waals surface area contributed by atoms with Gasteiger partial charge in [0.05, 0.1) is 11.8 Å². The Labute approximate surface area is 147 Å². The fourth-order valence-corrected chi connectivity index (χ4v) is 2.55. The van der Waals surface area contributed by atoms with Gasteiger partial charge in [0.25, 0.3) is 0 Å². The maximum atomic E-state index is 12.9. The van der Waals surface area contributed by atoms with Gasteiger partial charge < -0.3 is 0 Å². The Bertz CT molecular complexity index is 962. The number of nitrogens with zero attached hydrogens (tertiary/aromatic N) is 2. The van der Waals surface area contributed by atoms with Crippen LogP contribution in [0.25, 0.3) is 10.8 Å². The van der Waals surface area contributed by atoms with Crippen molar-refractivity contribution in [2.45, 2.75) is 6.18 Å². The average Bonchev–Trinajstić information content (AvgIpc) is 2.60. The number of alkyl halides is 3. The highest BCUT2D eigenvalue weighted by Gasteiger charge is 2.32. The SMILES string of the molecule is FC(F)(F)c1ccccc1/C=N/N=C(\Cl)c1ccc2ccccc2c1. The van der Waals surface area contributed by atoms with Gasteiger partial charge in [0, 0.05) is 11.1 Å². The molecule has 0 radical (unpaired) electrons. The number of rotatable bonds is 3. The first-order valence-corrected chi connectivity index (χ1v) is 7.75. The lowest BCUT2D eigenvalue weighted by molar-refractivity contribution is -0.137. The van der Waals surface area contributed by atoms with Crippen LogP contribution in [0.3, 0.4) is 0 Å². The predicted molar refractivity (Wildman–Crippen MR) is 95.4 cm³/mol. The molecule has 3 aromatic rings. The van der Waals surface area contributed by atoms with Crippen molar-refractivity contribution in [2.75, 3.05) is 0 Å². The molecule has 0 aromatic heterocycles. The number of benzene rings is 3. The molecule has 2 nitrogen and oxygen atoms in total. The average molecular weight is 361 g/mol. The molecule has 25 heavy (non-hydrogen) atoms. The highest BCUT2D eigenvalue weighted by molar-refractivity contribution is 6.69. The van der Waals surface area contributed by atoms with E-state index in [1.807, 2.05) is 36.4 Å². The molecule has 0 aliphatic heterocycles. The van der Waals surface area contributed by atoms with E-state index in [1.54, 1.807) is 6.07 Å². The Morgan fingerprint density at radius 3 is 2.32 bits per heavy atom. The van der Waals surface area contributed by atoms with Crippen molar-refractivity contribution in [3.05, 3.63) is 83.4 Å². The molecule has 0 unspecified atom stereocenters. The summed E-state index contributed by atoms with van der Waals surface area (Å²) < 4.78 is 38.8. The van der Waals surface area contributed by atoms with E-state index in [4.69, 9.17) is 11.6 Å². The van der Waals surface area contributed by atoms with Crippen molar-refractivity contribution < 1.29 is 13.2 Å². The summed E-state index contributed by atoms with van der Waals surface area (Å²) in [6.07, 6.45) is -3.40. The predicted octanol–water partition coefficient (Wildman–Crippen LogP) is 5.88. The van der Waals surface area contributed by atoms with Crippen molar-refractivity contribution in [3.63, 3.8) is 0 Å². The first kappa shape index (κ1) is 17.2. The summed E-state index contributed by atoms with van der Waals surface area (Å²) in [6.45, 7) is 0. The van der Waals surface area contributed by atoms with Crippen LogP contribution in [0.15, 0.2) is 76.9 Å². The molecule has 0 spiro atoms. The van der Waals surface area contributed by atoms with Crippen molar-refractivity contribution >= 4 is 33.8 Å². The van der Waals surface area contributed by atoms with Crippen molar-refractivity contribution in [1.29, 1.82) is 0 Å². The van der Waals surface area contributed by atoms with Crippen molar-refractivity contribution in [1.82, 2.24) is 0 Å². The van der Waals surface area contributed by atoms with Crippen molar-refractivity contribution in [2.24, 2.45) is 10.2 Å². The van der Waals surface area contributed by atoms with E-state index < -0.39 is 11.7 Å².